The van der Waals surface area contributed by atoms with Crippen molar-refractivity contribution in [2.75, 3.05) is 36.0 Å². The van der Waals surface area contributed by atoms with E-state index in [1.165, 1.54) is 11.1 Å². The van der Waals surface area contributed by atoms with Gasteiger partial charge in [0.1, 0.15) is 11.9 Å². The first kappa shape index (κ1) is 23.5. The second-order valence-electron chi connectivity index (χ2n) is 9.18. The average molecular weight is 491 g/mol. The number of anilines is 1. The van der Waals surface area contributed by atoms with Gasteiger partial charge in [0, 0.05) is 38.9 Å². The summed E-state index contributed by atoms with van der Waals surface area (Å²) in [4.78, 5) is 22.2. The maximum atomic E-state index is 13.3. The van der Waals surface area contributed by atoms with Gasteiger partial charge in [0.25, 0.3) is 0 Å². The molecule has 5 rings (SSSR count). The van der Waals surface area contributed by atoms with Gasteiger partial charge >= 0.3 is 0 Å². The number of pyridine rings is 1. The molecular formula is C27H30N4O3S. The fourth-order valence-electron chi connectivity index (χ4n) is 4.83. The summed E-state index contributed by atoms with van der Waals surface area (Å²) in [5, 5.41) is 3.04. The van der Waals surface area contributed by atoms with Crippen LogP contribution in [0.1, 0.15) is 28.3 Å². The van der Waals surface area contributed by atoms with E-state index in [4.69, 9.17) is 0 Å². The minimum Gasteiger partial charge on any atom is -0.352 e. The van der Waals surface area contributed by atoms with Gasteiger partial charge in [-0.25, -0.2) is 13.4 Å². The number of nitrogens with zero attached hydrogens (tertiary/aromatic N) is 3. The Morgan fingerprint density at radius 2 is 1.63 bits per heavy atom. The van der Waals surface area contributed by atoms with Crippen molar-refractivity contribution >= 4 is 21.6 Å². The summed E-state index contributed by atoms with van der Waals surface area (Å²) in [6.07, 6.45) is 2.83. The van der Waals surface area contributed by atoms with Crippen LogP contribution in [0.4, 0.5) is 5.82 Å². The molecule has 3 heterocycles. The van der Waals surface area contributed by atoms with Crippen molar-refractivity contribution in [3.8, 4) is 0 Å². The molecule has 0 bridgehead atoms. The monoisotopic (exact) mass is 490 g/mol. The summed E-state index contributed by atoms with van der Waals surface area (Å²) in [5.41, 5.74) is 4.53. The first-order valence-electron chi connectivity index (χ1n) is 12.0. The zero-order valence-electron chi connectivity index (χ0n) is 19.6. The summed E-state index contributed by atoms with van der Waals surface area (Å²) >= 11 is 0. The molecule has 182 valence electrons. The lowest BCUT2D eigenvalue weighted by Gasteiger charge is -2.33. The Kier molecular flexibility index (Phi) is 6.83. The first-order valence-corrected chi connectivity index (χ1v) is 13.8. The van der Waals surface area contributed by atoms with Crippen LogP contribution in [0.25, 0.3) is 0 Å². The average Bonchev–Trinajstić information content (AvgIpc) is 2.89. The van der Waals surface area contributed by atoms with Crippen molar-refractivity contribution in [3.63, 3.8) is 0 Å². The zero-order valence-corrected chi connectivity index (χ0v) is 20.5. The molecule has 1 fully saturated rings. The molecule has 2 aliphatic rings. The van der Waals surface area contributed by atoms with E-state index in [-0.39, 0.29) is 17.4 Å². The highest BCUT2D eigenvalue weighted by Crippen LogP contribution is 2.25. The number of hydrogen-bond acceptors (Lipinski definition) is 6. The zero-order chi connectivity index (χ0) is 24.3. The minimum atomic E-state index is -3.03. The summed E-state index contributed by atoms with van der Waals surface area (Å²) in [6, 6.07) is 21.6. The lowest BCUT2D eigenvalue weighted by molar-refractivity contribution is -0.126. The molecule has 1 atom stereocenters. The quantitative estimate of drug-likeness (QED) is 0.572. The number of hydrogen-bond donors (Lipinski definition) is 1. The standard InChI is InChI=1S/C27H30N4O3S/c32-27(26(23-7-2-1-3-8-23)30-14-16-35(33,34)17-15-30)29-19-21-10-11-25(28-18-21)31-13-12-22-6-4-5-9-24(22)20-31/h1-11,18,26H,12-17,19-20H2,(H,29,32). The van der Waals surface area contributed by atoms with Crippen molar-refractivity contribution in [2.24, 2.45) is 0 Å². The van der Waals surface area contributed by atoms with Gasteiger partial charge in [-0.2, -0.15) is 0 Å². The number of carbonyl (C=O) groups is 1. The molecule has 1 aromatic heterocycles. The lowest BCUT2D eigenvalue weighted by atomic mass is 10.00. The van der Waals surface area contributed by atoms with Crippen LogP contribution >= 0.6 is 0 Å². The molecule has 1 saturated heterocycles. The van der Waals surface area contributed by atoms with E-state index in [9.17, 15) is 13.2 Å². The highest BCUT2D eigenvalue weighted by molar-refractivity contribution is 7.91. The molecule has 1 amide bonds. The maximum Gasteiger partial charge on any atom is 0.242 e. The third-order valence-corrected chi connectivity index (χ3v) is 8.45. The molecule has 7 nitrogen and oxygen atoms in total. The number of amides is 1. The highest BCUT2D eigenvalue weighted by atomic mass is 32.2. The molecular weight excluding hydrogens is 460 g/mol. The fourth-order valence-corrected chi connectivity index (χ4v) is 6.06. The summed E-state index contributed by atoms with van der Waals surface area (Å²) in [7, 11) is -3.03. The number of sulfone groups is 1. The number of aromatic nitrogens is 1. The molecule has 8 heteroatoms. The molecule has 1 unspecified atom stereocenters. The Morgan fingerprint density at radius 3 is 2.34 bits per heavy atom. The topological polar surface area (TPSA) is 82.6 Å². The Bertz CT molecular complexity index is 1270. The van der Waals surface area contributed by atoms with Crippen LogP contribution in [-0.2, 0) is 34.1 Å². The van der Waals surface area contributed by atoms with E-state index in [1.807, 2.05) is 53.6 Å². The van der Waals surface area contributed by atoms with Gasteiger partial charge in [0.15, 0.2) is 9.84 Å². The van der Waals surface area contributed by atoms with E-state index in [2.05, 4.69) is 39.5 Å². The third-order valence-electron chi connectivity index (χ3n) is 6.84. The predicted octanol–water partition coefficient (Wildman–Crippen LogP) is 2.73. The van der Waals surface area contributed by atoms with Gasteiger partial charge < -0.3 is 10.2 Å². The van der Waals surface area contributed by atoms with E-state index >= 15 is 0 Å². The number of benzene rings is 2. The van der Waals surface area contributed by atoms with Crippen molar-refractivity contribution in [3.05, 3.63) is 95.2 Å². The largest absolute Gasteiger partial charge is 0.352 e. The van der Waals surface area contributed by atoms with Crippen molar-refractivity contribution in [2.45, 2.75) is 25.6 Å². The van der Waals surface area contributed by atoms with Crippen LogP contribution in [0.2, 0.25) is 0 Å². The van der Waals surface area contributed by atoms with Crippen molar-refractivity contribution in [1.82, 2.24) is 15.2 Å². The lowest BCUT2D eigenvalue weighted by Crippen LogP contribution is -2.47. The van der Waals surface area contributed by atoms with Crippen LogP contribution in [0, 0.1) is 0 Å². The summed E-state index contributed by atoms with van der Waals surface area (Å²) in [5.74, 6) is 0.963. The Morgan fingerprint density at radius 1 is 0.914 bits per heavy atom. The van der Waals surface area contributed by atoms with E-state index in [1.54, 1.807) is 0 Å². The van der Waals surface area contributed by atoms with Crippen LogP contribution in [-0.4, -0.2) is 55.3 Å². The van der Waals surface area contributed by atoms with Crippen molar-refractivity contribution in [1.29, 1.82) is 0 Å². The number of carbonyl (C=O) groups excluding carboxylic acids is 1. The van der Waals surface area contributed by atoms with Gasteiger partial charge in [-0.05, 0) is 34.7 Å². The SMILES string of the molecule is O=C(NCc1ccc(N2CCc3ccccc3C2)nc1)C(c1ccccc1)N1CCS(=O)(=O)CC1. The van der Waals surface area contributed by atoms with Gasteiger partial charge in [0.2, 0.25) is 5.91 Å². The molecule has 3 aromatic rings. The van der Waals surface area contributed by atoms with Crippen LogP contribution in [0.15, 0.2) is 72.9 Å². The summed E-state index contributed by atoms with van der Waals surface area (Å²) < 4.78 is 23.8. The smallest absolute Gasteiger partial charge is 0.242 e. The Labute approximate surface area is 206 Å². The predicted molar refractivity (Wildman–Crippen MR) is 137 cm³/mol. The van der Waals surface area contributed by atoms with Crippen molar-refractivity contribution < 1.29 is 13.2 Å². The van der Waals surface area contributed by atoms with E-state index < -0.39 is 15.9 Å². The van der Waals surface area contributed by atoms with Gasteiger partial charge in [-0.3, -0.25) is 9.69 Å². The minimum absolute atomic E-state index is 0.0793. The molecule has 35 heavy (non-hydrogen) atoms. The van der Waals surface area contributed by atoms with Gasteiger partial charge in [0.05, 0.1) is 11.5 Å². The third kappa shape index (κ3) is 5.55. The summed E-state index contributed by atoms with van der Waals surface area (Å²) in [6.45, 7) is 2.85. The number of fused-ring (bicyclic) bond motifs is 1. The Hall–Kier alpha value is -3.23. The normalized spacial score (nSPS) is 18.5. The highest BCUT2D eigenvalue weighted by Gasteiger charge is 2.32. The number of rotatable bonds is 6. The molecule has 2 aromatic carbocycles. The molecule has 2 aliphatic heterocycles. The van der Waals surface area contributed by atoms with E-state index in [0.29, 0.717) is 19.6 Å². The van der Waals surface area contributed by atoms with Crippen LogP contribution in [0.3, 0.4) is 0 Å². The maximum absolute atomic E-state index is 13.3. The second-order valence-corrected chi connectivity index (χ2v) is 11.5. The molecule has 0 radical (unpaired) electrons. The fraction of sp³-hybridized carbons (Fsp3) is 0.333. The Balaban J connectivity index is 1.23. The molecule has 0 saturated carbocycles. The first-order chi connectivity index (χ1) is 17.0. The van der Waals surface area contributed by atoms with Gasteiger partial charge in [-0.1, -0.05) is 60.7 Å². The van der Waals surface area contributed by atoms with E-state index in [0.717, 1.165) is 36.5 Å². The second kappa shape index (κ2) is 10.2. The van der Waals surface area contributed by atoms with Crippen LogP contribution < -0.4 is 10.2 Å². The molecule has 0 aliphatic carbocycles. The number of nitrogens with one attached hydrogen (secondary N) is 1. The molecule has 0 spiro atoms. The van der Waals surface area contributed by atoms with Crippen LogP contribution in [0.5, 0.6) is 0 Å². The van der Waals surface area contributed by atoms with Gasteiger partial charge in [-0.15, -0.1) is 0 Å². The molecule has 1 N–H and O–H groups in total.